The molecule has 1 fully saturated rings. The lowest BCUT2D eigenvalue weighted by atomic mass is 9.99. The van der Waals surface area contributed by atoms with E-state index in [2.05, 4.69) is 10.3 Å². The lowest BCUT2D eigenvalue weighted by Crippen LogP contribution is -2.20. The van der Waals surface area contributed by atoms with Gasteiger partial charge in [-0.25, -0.2) is 22.6 Å². The van der Waals surface area contributed by atoms with Gasteiger partial charge in [0.15, 0.2) is 5.58 Å². The zero-order chi connectivity index (χ0) is 24.7. The minimum atomic E-state index is -4.48. The van der Waals surface area contributed by atoms with E-state index < -0.39 is 38.5 Å². The van der Waals surface area contributed by atoms with E-state index in [-0.39, 0.29) is 23.0 Å². The van der Waals surface area contributed by atoms with Gasteiger partial charge in [-0.05, 0) is 49.6 Å². The molecule has 0 aliphatic carbocycles. The molecule has 4 aromatic rings. The molecule has 1 unspecified atom stereocenters. The van der Waals surface area contributed by atoms with Gasteiger partial charge >= 0.3 is 5.76 Å². The van der Waals surface area contributed by atoms with Crippen molar-refractivity contribution in [2.75, 3.05) is 11.3 Å². The molecule has 3 heterocycles. The normalized spacial score (nSPS) is 17.1. The summed E-state index contributed by atoms with van der Waals surface area (Å²) in [6.45, 7) is 2.74. The SMILES string of the molecule is C[C@H](c1cccc(C2CCCN2)c1)n1c(=O)oc2cc(S(=O)(=O)Nc3cccc(F)n3)c(F)cc21. The van der Waals surface area contributed by atoms with Crippen LogP contribution in [0.25, 0.3) is 11.1 Å². The summed E-state index contributed by atoms with van der Waals surface area (Å²) < 4.78 is 62.5. The van der Waals surface area contributed by atoms with Crippen molar-refractivity contribution in [1.29, 1.82) is 0 Å². The van der Waals surface area contributed by atoms with Crippen molar-refractivity contribution >= 4 is 26.9 Å². The van der Waals surface area contributed by atoms with E-state index in [1.807, 2.05) is 29.0 Å². The topological polar surface area (TPSA) is 106 Å². The van der Waals surface area contributed by atoms with Gasteiger partial charge in [0.2, 0.25) is 5.95 Å². The van der Waals surface area contributed by atoms with Crippen molar-refractivity contribution in [2.45, 2.75) is 36.7 Å². The second kappa shape index (κ2) is 8.90. The quantitative estimate of drug-likeness (QED) is 0.386. The fourth-order valence-corrected chi connectivity index (χ4v) is 5.50. The molecule has 0 radical (unpaired) electrons. The molecule has 1 saturated heterocycles. The Balaban J connectivity index is 1.52. The third-order valence-electron chi connectivity index (χ3n) is 6.15. The fourth-order valence-electron chi connectivity index (χ4n) is 4.42. The minimum absolute atomic E-state index is 0.0931. The second-order valence-electron chi connectivity index (χ2n) is 8.43. The highest BCUT2D eigenvalue weighted by Gasteiger charge is 2.26. The molecule has 11 heteroatoms. The van der Waals surface area contributed by atoms with Crippen LogP contribution in [0.2, 0.25) is 0 Å². The Bertz CT molecular complexity index is 1580. The van der Waals surface area contributed by atoms with Gasteiger partial charge in [-0.1, -0.05) is 30.3 Å². The number of fused-ring (bicyclic) bond motifs is 1. The number of pyridine rings is 1. The highest BCUT2D eigenvalue weighted by atomic mass is 32.2. The van der Waals surface area contributed by atoms with E-state index in [1.165, 1.54) is 16.7 Å². The van der Waals surface area contributed by atoms with Gasteiger partial charge in [0.25, 0.3) is 10.0 Å². The first-order valence-corrected chi connectivity index (χ1v) is 12.5. The van der Waals surface area contributed by atoms with Crippen LogP contribution in [0.3, 0.4) is 0 Å². The van der Waals surface area contributed by atoms with Crippen LogP contribution in [-0.4, -0.2) is 24.5 Å². The molecule has 0 spiro atoms. The van der Waals surface area contributed by atoms with Crippen LogP contribution in [0.1, 0.15) is 43.0 Å². The number of sulfonamides is 1. The maximum atomic E-state index is 15.0. The summed E-state index contributed by atoms with van der Waals surface area (Å²) in [5.41, 5.74) is 1.96. The number of nitrogens with zero attached hydrogens (tertiary/aromatic N) is 2. The van der Waals surface area contributed by atoms with Crippen molar-refractivity contribution in [2.24, 2.45) is 0 Å². The molecule has 0 amide bonds. The molecular weight excluding hydrogens is 478 g/mol. The van der Waals surface area contributed by atoms with Gasteiger partial charge in [-0.3, -0.25) is 9.29 Å². The number of benzene rings is 2. The molecule has 0 bridgehead atoms. The summed E-state index contributed by atoms with van der Waals surface area (Å²) in [6, 6.07) is 13.0. The molecule has 182 valence electrons. The number of hydrogen-bond acceptors (Lipinski definition) is 6. The van der Waals surface area contributed by atoms with Gasteiger partial charge in [-0.2, -0.15) is 4.39 Å². The molecule has 0 saturated carbocycles. The van der Waals surface area contributed by atoms with E-state index in [1.54, 1.807) is 6.92 Å². The molecular formula is C24H22F2N4O4S. The molecule has 1 aliphatic heterocycles. The Kier molecular flexibility index (Phi) is 5.89. The average molecular weight is 501 g/mol. The highest BCUT2D eigenvalue weighted by Crippen LogP contribution is 2.30. The minimum Gasteiger partial charge on any atom is -0.408 e. The van der Waals surface area contributed by atoms with Crippen molar-refractivity contribution in [3.8, 4) is 0 Å². The molecule has 2 aromatic carbocycles. The first-order chi connectivity index (χ1) is 16.7. The van der Waals surface area contributed by atoms with Crippen molar-refractivity contribution < 1.29 is 21.6 Å². The third kappa shape index (κ3) is 4.44. The Morgan fingerprint density at radius 3 is 2.71 bits per heavy atom. The van der Waals surface area contributed by atoms with E-state index in [9.17, 15) is 17.6 Å². The molecule has 1 aliphatic rings. The lowest BCUT2D eigenvalue weighted by Gasteiger charge is -2.17. The molecule has 2 atom stereocenters. The van der Waals surface area contributed by atoms with E-state index in [0.717, 1.165) is 48.7 Å². The summed E-state index contributed by atoms with van der Waals surface area (Å²) >= 11 is 0. The highest BCUT2D eigenvalue weighted by molar-refractivity contribution is 7.92. The van der Waals surface area contributed by atoms with Crippen molar-refractivity contribution in [1.82, 2.24) is 14.9 Å². The zero-order valence-electron chi connectivity index (χ0n) is 18.7. The smallest absolute Gasteiger partial charge is 0.408 e. The number of nitrogens with one attached hydrogen (secondary N) is 2. The molecule has 5 rings (SSSR count). The van der Waals surface area contributed by atoms with Crippen LogP contribution >= 0.6 is 0 Å². The standard InChI is InChI=1S/C24H22F2N4O4S/c1-14(15-5-2-6-16(11-15)18-7-4-10-27-18)30-19-12-17(25)21(13-20(19)34-24(30)31)35(32,33)29-23-9-3-8-22(26)28-23/h2-3,5-6,8-9,11-14,18,27H,4,7,10H2,1H3,(H,28,29)/t14-,18?/m1/s1. The summed E-state index contributed by atoms with van der Waals surface area (Å²) in [7, 11) is -4.48. The molecule has 8 nitrogen and oxygen atoms in total. The monoisotopic (exact) mass is 500 g/mol. The zero-order valence-corrected chi connectivity index (χ0v) is 19.5. The number of hydrogen-bond donors (Lipinski definition) is 2. The average Bonchev–Trinajstić information content (AvgIpc) is 3.45. The van der Waals surface area contributed by atoms with Crippen LogP contribution in [0, 0.1) is 11.8 Å². The third-order valence-corrected chi connectivity index (χ3v) is 7.52. The van der Waals surface area contributed by atoms with Gasteiger partial charge < -0.3 is 9.73 Å². The van der Waals surface area contributed by atoms with E-state index in [0.29, 0.717) is 0 Å². The van der Waals surface area contributed by atoms with Gasteiger partial charge in [-0.15, -0.1) is 0 Å². The molecule has 2 aromatic heterocycles. The Hall–Kier alpha value is -3.57. The summed E-state index contributed by atoms with van der Waals surface area (Å²) in [6.07, 6.45) is 2.11. The molecule has 35 heavy (non-hydrogen) atoms. The van der Waals surface area contributed by atoms with E-state index in [4.69, 9.17) is 4.42 Å². The van der Waals surface area contributed by atoms with Crippen LogP contribution < -0.4 is 15.8 Å². The number of aromatic nitrogens is 2. The predicted octanol–water partition coefficient (Wildman–Crippen LogP) is 4.10. The first kappa shape index (κ1) is 23.2. The van der Waals surface area contributed by atoms with Crippen LogP contribution in [-0.2, 0) is 10.0 Å². The maximum Gasteiger partial charge on any atom is 0.420 e. The summed E-state index contributed by atoms with van der Waals surface area (Å²) in [5, 5.41) is 3.44. The number of rotatable bonds is 6. The van der Waals surface area contributed by atoms with Crippen LogP contribution in [0.15, 0.2) is 68.7 Å². The fraction of sp³-hybridized carbons (Fsp3) is 0.250. The van der Waals surface area contributed by atoms with Crippen LogP contribution in [0.5, 0.6) is 0 Å². The summed E-state index contributed by atoms with van der Waals surface area (Å²) in [5.74, 6) is -3.04. The predicted molar refractivity (Wildman–Crippen MR) is 126 cm³/mol. The Morgan fingerprint density at radius 1 is 1.17 bits per heavy atom. The van der Waals surface area contributed by atoms with Gasteiger partial charge in [0.1, 0.15) is 16.5 Å². The second-order valence-corrected chi connectivity index (χ2v) is 10.1. The van der Waals surface area contributed by atoms with Gasteiger partial charge in [0, 0.05) is 18.2 Å². The number of oxazole rings is 1. The molecule has 2 N–H and O–H groups in total. The first-order valence-electron chi connectivity index (χ1n) is 11.1. The number of anilines is 1. The van der Waals surface area contributed by atoms with E-state index >= 15 is 4.39 Å². The maximum absolute atomic E-state index is 15.0. The Morgan fingerprint density at radius 2 is 1.97 bits per heavy atom. The van der Waals surface area contributed by atoms with Gasteiger partial charge in [0.05, 0.1) is 11.6 Å². The Labute approximate surface area is 199 Å². The lowest BCUT2D eigenvalue weighted by molar-refractivity contribution is 0.489. The van der Waals surface area contributed by atoms with Crippen molar-refractivity contribution in [3.05, 3.63) is 88.0 Å². The summed E-state index contributed by atoms with van der Waals surface area (Å²) in [4.78, 5) is 15.4. The van der Waals surface area contributed by atoms with Crippen LogP contribution in [0.4, 0.5) is 14.6 Å². The van der Waals surface area contributed by atoms with Crippen molar-refractivity contribution in [3.63, 3.8) is 0 Å². The largest absolute Gasteiger partial charge is 0.420 e. The number of halogens is 2.